The van der Waals surface area contributed by atoms with Gasteiger partial charge in [-0.05, 0) is 44.3 Å². The van der Waals surface area contributed by atoms with Gasteiger partial charge in [0.2, 0.25) is 0 Å². The lowest BCUT2D eigenvalue weighted by molar-refractivity contribution is 0.0942. The minimum Gasteiger partial charge on any atom is -0.347 e. The molecule has 3 heterocycles. The van der Waals surface area contributed by atoms with Crippen LogP contribution in [-0.4, -0.2) is 42.0 Å². The average molecular weight is 287 g/mol. The highest BCUT2D eigenvalue weighted by molar-refractivity contribution is 7.17. The standard InChI is InChI=1S/C15H17N3OS/c1-18-9-7-11(10-18)17-15(19)14-6-5-13(20-14)12-4-2-3-8-16-12/h2-6,8,11H,7,9-10H2,1H3,(H,17,19). The van der Waals surface area contributed by atoms with E-state index in [2.05, 4.69) is 22.2 Å². The Morgan fingerprint density at radius 1 is 1.40 bits per heavy atom. The van der Waals surface area contributed by atoms with Gasteiger partial charge in [0.25, 0.3) is 5.91 Å². The summed E-state index contributed by atoms with van der Waals surface area (Å²) >= 11 is 1.49. The van der Waals surface area contributed by atoms with Crippen molar-refractivity contribution in [2.75, 3.05) is 20.1 Å². The Kier molecular flexibility index (Phi) is 3.80. The topological polar surface area (TPSA) is 45.2 Å². The highest BCUT2D eigenvalue weighted by Crippen LogP contribution is 2.26. The summed E-state index contributed by atoms with van der Waals surface area (Å²) in [6.45, 7) is 1.98. The predicted octanol–water partition coefficient (Wildman–Crippen LogP) is 2.24. The maximum Gasteiger partial charge on any atom is 0.261 e. The van der Waals surface area contributed by atoms with E-state index < -0.39 is 0 Å². The second kappa shape index (κ2) is 5.73. The summed E-state index contributed by atoms with van der Waals surface area (Å²) < 4.78 is 0. The van der Waals surface area contributed by atoms with Crippen LogP contribution in [0.3, 0.4) is 0 Å². The highest BCUT2D eigenvalue weighted by Gasteiger charge is 2.22. The molecule has 2 aromatic heterocycles. The van der Waals surface area contributed by atoms with Crippen LogP contribution >= 0.6 is 11.3 Å². The van der Waals surface area contributed by atoms with E-state index in [-0.39, 0.29) is 11.9 Å². The van der Waals surface area contributed by atoms with E-state index in [4.69, 9.17) is 0 Å². The van der Waals surface area contributed by atoms with E-state index in [9.17, 15) is 4.79 Å². The van der Waals surface area contributed by atoms with Crippen molar-refractivity contribution in [3.05, 3.63) is 41.4 Å². The largest absolute Gasteiger partial charge is 0.347 e. The molecule has 104 valence electrons. The summed E-state index contributed by atoms with van der Waals surface area (Å²) in [5.41, 5.74) is 0.914. The SMILES string of the molecule is CN1CCC(NC(=O)c2ccc(-c3ccccn3)s2)C1. The number of likely N-dealkylation sites (N-methyl/N-ethyl adjacent to an activating group) is 1. The number of hydrogen-bond acceptors (Lipinski definition) is 4. The fourth-order valence-corrected chi connectivity index (χ4v) is 3.30. The zero-order valence-corrected chi connectivity index (χ0v) is 12.2. The molecule has 1 amide bonds. The molecule has 1 aliphatic rings. The molecule has 3 rings (SSSR count). The van der Waals surface area contributed by atoms with Crippen molar-refractivity contribution in [1.82, 2.24) is 15.2 Å². The Hall–Kier alpha value is -1.72. The quantitative estimate of drug-likeness (QED) is 0.941. The summed E-state index contributed by atoms with van der Waals surface area (Å²) in [5, 5.41) is 3.10. The molecule has 1 unspecified atom stereocenters. The highest BCUT2D eigenvalue weighted by atomic mass is 32.1. The Bertz CT molecular complexity index is 596. The summed E-state index contributed by atoms with van der Waals surface area (Å²) in [6.07, 6.45) is 2.80. The molecule has 0 radical (unpaired) electrons. The molecule has 0 aromatic carbocycles. The number of nitrogens with zero attached hydrogens (tertiary/aromatic N) is 2. The number of amides is 1. The monoisotopic (exact) mass is 287 g/mol. The molecular weight excluding hydrogens is 270 g/mol. The molecule has 4 nitrogen and oxygen atoms in total. The van der Waals surface area contributed by atoms with Gasteiger partial charge in [-0.2, -0.15) is 0 Å². The van der Waals surface area contributed by atoms with Crippen LogP contribution in [0.4, 0.5) is 0 Å². The van der Waals surface area contributed by atoms with Crippen LogP contribution in [0.2, 0.25) is 0 Å². The van der Waals surface area contributed by atoms with Gasteiger partial charge in [0.05, 0.1) is 15.4 Å². The molecule has 20 heavy (non-hydrogen) atoms. The van der Waals surface area contributed by atoms with Crippen molar-refractivity contribution in [3.63, 3.8) is 0 Å². The number of carbonyl (C=O) groups is 1. The molecule has 5 heteroatoms. The molecule has 0 bridgehead atoms. The van der Waals surface area contributed by atoms with Crippen molar-refractivity contribution < 1.29 is 4.79 Å². The lowest BCUT2D eigenvalue weighted by atomic mass is 10.2. The molecule has 1 N–H and O–H groups in total. The van der Waals surface area contributed by atoms with Crippen molar-refractivity contribution >= 4 is 17.2 Å². The molecule has 0 saturated carbocycles. The minimum absolute atomic E-state index is 0.0254. The normalized spacial score (nSPS) is 19.1. The van der Waals surface area contributed by atoms with Gasteiger partial charge < -0.3 is 10.2 Å². The van der Waals surface area contributed by atoms with E-state index >= 15 is 0 Å². The first-order valence-corrected chi connectivity index (χ1v) is 7.54. The smallest absolute Gasteiger partial charge is 0.261 e. The molecule has 1 fully saturated rings. The van der Waals surface area contributed by atoms with E-state index in [0.29, 0.717) is 0 Å². The van der Waals surface area contributed by atoms with Crippen LogP contribution in [0.25, 0.3) is 10.6 Å². The van der Waals surface area contributed by atoms with Gasteiger partial charge in [-0.15, -0.1) is 11.3 Å². The zero-order valence-electron chi connectivity index (χ0n) is 11.4. The second-order valence-electron chi connectivity index (χ2n) is 5.10. The lowest BCUT2D eigenvalue weighted by Gasteiger charge is -2.11. The number of rotatable bonds is 3. The maximum absolute atomic E-state index is 12.2. The van der Waals surface area contributed by atoms with Crippen LogP contribution in [0.5, 0.6) is 0 Å². The first kappa shape index (κ1) is 13.3. The Morgan fingerprint density at radius 3 is 3.00 bits per heavy atom. The van der Waals surface area contributed by atoms with E-state index in [0.717, 1.165) is 35.0 Å². The maximum atomic E-state index is 12.2. The lowest BCUT2D eigenvalue weighted by Crippen LogP contribution is -2.36. The van der Waals surface area contributed by atoms with E-state index in [1.54, 1.807) is 6.20 Å². The van der Waals surface area contributed by atoms with Gasteiger partial charge in [-0.3, -0.25) is 9.78 Å². The van der Waals surface area contributed by atoms with E-state index in [1.807, 2.05) is 30.3 Å². The summed E-state index contributed by atoms with van der Waals surface area (Å²) in [6, 6.07) is 9.91. The van der Waals surface area contributed by atoms with Crippen molar-refractivity contribution in [1.29, 1.82) is 0 Å². The first-order chi connectivity index (χ1) is 9.72. The zero-order chi connectivity index (χ0) is 13.9. The van der Waals surface area contributed by atoms with Gasteiger partial charge in [0.15, 0.2) is 0 Å². The number of carbonyl (C=O) groups excluding carboxylic acids is 1. The average Bonchev–Trinajstić information content (AvgIpc) is 3.09. The number of pyridine rings is 1. The molecule has 1 atom stereocenters. The fraction of sp³-hybridized carbons (Fsp3) is 0.333. The third-order valence-corrected chi connectivity index (χ3v) is 4.58. The minimum atomic E-state index is 0.0254. The third kappa shape index (κ3) is 2.89. The number of likely N-dealkylation sites (tertiary alicyclic amines) is 1. The number of hydrogen-bond donors (Lipinski definition) is 1. The predicted molar refractivity (Wildman–Crippen MR) is 80.9 cm³/mol. The van der Waals surface area contributed by atoms with Crippen LogP contribution in [0.15, 0.2) is 36.5 Å². The third-order valence-electron chi connectivity index (χ3n) is 3.47. The molecule has 0 spiro atoms. The Morgan fingerprint density at radius 2 is 2.30 bits per heavy atom. The van der Waals surface area contributed by atoms with Crippen LogP contribution in [0.1, 0.15) is 16.1 Å². The molecule has 0 aliphatic carbocycles. The molecular formula is C15H17N3OS. The van der Waals surface area contributed by atoms with Crippen LogP contribution in [-0.2, 0) is 0 Å². The Labute approximate surface area is 122 Å². The number of nitrogens with one attached hydrogen (secondary N) is 1. The first-order valence-electron chi connectivity index (χ1n) is 6.73. The van der Waals surface area contributed by atoms with Crippen LogP contribution in [0, 0.1) is 0 Å². The van der Waals surface area contributed by atoms with E-state index in [1.165, 1.54) is 11.3 Å². The van der Waals surface area contributed by atoms with Crippen molar-refractivity contribution in [3.8, 4) is 10.6 Å². The van der Waals surface area contributed by atoms with Gasteiger partial charge in [0.1, 0.15) is 0 Å². The number of aromatic nitrogens is 1. The molecule has 1 aliphatic heterocycles. The van der Waals surface area contributed by atoms with Gasteiger partial charge in [-0.1, -0.05) is 6.07 Å². The second-order valence-corrected chi connectivity index (χ2v) is 6.18. The molecule has 1 saturated heterocycles. The van der Waals surface area contributed by atoms with Gasteiger partial charge in [-0.25, -0.2) is 0 Å². The molecule has 2 aromatic rings. The summed E-state index contributed by atoms with van der Waals surface area (Å²) in [4.78, 5) is 20.5. The summed E-state index contributed by atoms with van der Waals surface area (Å²) in [5.74, 6) is 0.0254. The Balaban J connectivity index is 1.69. The van der Waals surface area contributed by atoms with Gasteiger partial charge >= 0.3 is 0 Å². The van der Waals surface area contributed by atoms with Crippen molar-refractivity contribution in [2.24, 2.45) is 0 Å². The van der Waals surface area contributed by atoms with Crippen molar-refractivity contribution in [2.45, 2.75) is 12.5 Å². The van der Waals surface area contributed by atoms with Crippen LogP contribution < -0.4 is 5.32 Å². The van der Waals surface area contributed by atoms with Gasteiger partial charge in [0, 0.05) is 18.8 Å². The fourth-order valence-electron chi connectivity index (χ4n) is 2.42. The summed E-state index contributed by atoms with van der Waals surface area (Å²) in [7, 11) is 2.08. The number of thiophene rings is 1.